The molecule has 82 valence electrons. The van der Waals surface area contributed by atoms with Crippen molar-refractivity contribution in [2.24, 2.45) is 5.41 Å². The quantitative estimate of drug-likeness (QED) is 0.575. The molecule has 2 nitrogen and oxygen atoms in total. The molecule has 0 saturated carbocycles. The summed E-state index contributed by atoms with van der Waals surface area (Å²) in [7, 11) is 0. The van der Waals surface area contributed by atoms with Crippen molar-refractivity contribution >= 4 is 53.8 Å². The van der Waals surface area contributed by atoms with Gasteiger partial charge in [-0.2, -0.15) is 0 Å². The van der Waals surface area contributed by atoms with E-state index in [0.717, 1.165) is 0 Å². The summed E-state index contributed by atoms with van der Waals surface area (Å²) in [6.07, 6.45) is 0.670. The second-order valence-electron chi connectivity index (χ2n) is 4.27. The van der Waals surface area contributed by atoms with Crippen molar-refractivity contribution in [3.05, 3.63) is 10.6 Å². The number of aliphatic carboxylic acids is 1. The van der Waals surface area contributed by atoms with E-state index < -0.39 is 9.20 Å². The van der Waals surface area contributed by atoms with E-state index in [4.69, 9.17) is 5.11 Å². The average Bonchev–Trinajstić information content (AvgIpc) is 1.79. The monoisotopic (exact) mass is 390 g/mol. The van der Waals surface area contributed by atoms with Crippen LogP contribution in [0.1, 0.15) is 27.2 Å². The Morgan fingerprint density at radius 1 is 1.36 bits per heavy atom. The Bertz CT molecular complexity index is 251. The molecule has 0 amide bonds. The Morgan fingerprint density at radius 2 is 1.79 bits per heavy atom. The van der Waals surface area contributed by atoms with Gasteiger partial charge in [0.25, 0.3) is 0 Å². The number of alkyl halides is 2. The smallest absolute Gasteiger partial charge is 0.334 e. The summed E-state index contributed by atoms with van der Waals surface area (Å²) in [5.74, 6) is -0.945. The van der Waals surface area contributed by atoms with Gasteiger partial charge in [-0.25, -0.2) is 4.79 Å². The Kier molecular flexibility index (Phi) is 5.36. The number of hydrogen-bond donors (Lipinski definition) is 1. The molecule has 0 aliphatic heterocycles. The molecule has 0 unspecified atom stereocenters. The van der Waals surface area contributed by atoms with Crippen molar-refractivity contribution in [2.75, 3.05) is 0 Å². The predicted molar refractivity (Wildman–Crippen MR) is 69.3 cm³/mol. The number of carbonyl (C=O) groups is 1. The molecule has 0 aliphatic carbocycles. The van der Waals surface area contributed by atoms with E-state index >= 15 is 0 Å². The van der Waals surface area contributed by atoms with Gasteiger partial charge in [0, 0.05) is 0 Å². The molecular formula is C9H13Br3O2. The van der Waals surface area contributed by atoms with Gasteiger partial charge in [0.2, 0.25) is 0 Å². The summed E-state index contributed by atoms with van der Waals surface area (Å²) in [5.41, 5.74) is 0.288. The fourth-order valence-electron chi connectivity index (χ4n) is 1.04. The first kappa shape index (κ1) is 14.6. The van der Waals surface area contributed by atoms with E-state index in [1.165, 1.54) is 4.99 Å². The molecule has 0 rings (SSSR count). The first-order chi connectivity index (χ1) is 6.10. The van der Waals surface area contributed by atoms with Crippen molar-refractivity contribution in [1.82, 2.24) is 0 Å². The molecule has 0 aromatic heterocycles. The highest BCUT2D eigenvalue weighted by Gasteiger charge is 2.36. The minimum Gasteiger partial charge on any atom is -0.478 e. The lowest BCUT2D eigenvalue weighted by Crippen LogP contribution is -2.27. The van der Waals surface area contributed by atoms with E-state index in [9.17, 15) is 4.79 Å². The molecule has 0 radical (unpaired) electrons. The van der Waals surface area contributed by atoms with Crippen LogP contribution in [0.3, 0.4) is 0 Å². The van der Waals surface area contributed by atoms with E-state index in [2.05, 4.69) is 68.6 Å². The Labute approximate surface area is 110 Å². The van der Waals surface area contributed by atoms with Crippen LogP contribution in [-0.4, -0.2) is 14.3 Å². The van der Waals surface area contributed by atoms with Crippen LogP contribution in [0.2, 0.25) is 0 Å². The highest BCUT2D eigenvalue weighted by molar-refractivity contribution is 9.25. The maximum absolute atomic E-state index is 10.9. The molecular weight excluding hydrogens is 380 g/mol. The number of carboxylic acid groups (broad SMARTS) is 1. The molecule has 0 atom stereocenters. The first-order valence-corrected chi connectivity index (χ1v) is 6.52. The summed E-state index contributed by atoms with van der Waals surface area (Å²) in [6.45, 7) is 6.16. The molecule has 0 fully saturated rings. The summed E-state index contributed by atoms with van der Waals surface area (Å²) in [4.78, 5) is 12.3. The van der Waals surface area contributed by atoms with E-state index in [0.29, 0.717) is 6.42 Å². The summed E-state index contributed by atoms with van der Waals surface area (Å²) in [6, 6.07) is 0. The van der Waals surface area contributed by atoms with Gasteiger partial charge in [0.15, 0.2) is 0 Å². The number of carboxylic acids is 1. The van der Waals surface area contributed by atoms with Gasteiger partial charge in [0.1, 0.15) is 3.23 Å². The van der Waals surface area contributed by atoms with Crippen LogP contribution < -0.4 is 0 Å². The van der Waals surface area contributed by atoms with Gasteiger partial charge < -0.3 is 5.11 Å². The molecule has 1 N–H and O–H groups in total. The molecule has 0 aromatic carbocycles. The van der Waals surface area contributed by atoms with Crippen LogP contribution in [0.25, 0.3) is 0 Å². The predicted octanol–water partition coefficient (Wildman–Crippen LogP) is 4.27. The largest absolute Gasteiger partial charge is 0.478 e. The van der Waals surface area contributed by atoms with Crippen LogP contribution in [-0.2, 0) is 4.79 Å². The Hall–Kier alpha value is 0.650. The zero-order chi connectivity index (χ0) is 11.6. The Balaban J connectivity index is 4.86. The van der Waals surface area contributed by atoms with Gasteiger partial charge >= 0.3 is 5.97 Å². The van der Waals surface area contributed by atoms with Crippen LogP contribution in [0.15, 0.2) is 10.6 Å². The summed E-state index contributed by atoms with van der Waals surface area (Å²) >= 11 is 9.82. The zero-order valence-electron chi connectivity index (χ0n) is 8.27. The summed E-state index contributed by atoms with van der Waals surface area (Å²) < 4.78 is -0.687. The van der Waals surface area contributed by atoms with Gasteiger partial charge in [0.05, 0.1) is 5.57 Å². The van der Waals surface area contributed by atoms with Crippen molar-refractivity contribution in [2.45, 2.75) is 30.4 Å². The lowest BCUT2D eigenvalue weighted by Gasteiger charge is -2.29. The van der Waals surface area contributed by atoms with E-state index in [-0.39, 0.29) is 11.0 Å². The normalized spacial score (nSPS) is 14.3. The molecule has 0 aromatic rings. The van der Waals surface area contributed by atoms with Crippen LogP contribution in [0.5, 0.6) is 0 Å². The van der Waals surface area contributed by atoms with Crippen LogP contribution in [0.4, 0.5) is 0 Å². The molecule has 14 heavy (non-hydrogen) atoms. The number of hydrogen-bond acceptors (Lipinski definition) is 1. The van der Waals surface area contributed by atoms with Crippen LogP contribution >= 0.6 is 47.8 Å². The molecule has 0 heterocycles. The molecule has 0 saturated heterocycles. The molecule has 5 heteroatoms. The highest BCUT2D eigenvalue weighted by atomic mass is 79.9. The Morgan fingerprint density at radius 3 is 2.00 bits per heavy atom. The standard InChI is InChI=1S/C9H13Br3O2/c1-8(2,3)5-9(11,12)6(4-10)7(13)14/h4H,5H2,1-3H3,(H,13,14). The molecule has 0 bridgehead atoms. The lowest BCUT2D eigenvalue weighted by atomic mass is 9.88. The fourth-order valence-corrected chi connectivity index (χ4v) is 4.50. The second kappa shape index (κ2) is 5.12. The van der Waals surface area contributed by atoms with Gasteiger partial charge in [-0.1, -0.05) is 68.6 Å². The lowest BCUT2D eigenvalue weighted by molar-refractivity contribution is -0.132. The van der Waals surface area contributed by atoms with Gasteiger partial charge in [-0.3, -0.25) is 0 Å². The fraction of sp³-hybridized carbons (Fsp3) is 0.667. The average molecular weight is 393 g/mol. The van der Waals surface area contributed by atoms with Gasteiger partial charge in [-0.15, -0.1) is 0 Å². The minimum atomic E-state index is -0.945. The highest BCUT2D eigenvalue weighted by Crippen LogP contribution is 2.44. The first-order valence-electron chi connectivity index (χ1n) is 4.02. The molecule has 0 spiro atoms. The second-order valence-corrected chi connectivity index (χ2v) is 8.50. The molecule has 0 aliphatic rings. The van der Waals surface area contributed by atoms with E-state index in [1.807, 2.05) is 0 Å². The third-order valence-corrected chi connectivity index (χ3v) is 3.36. The number of rotatable bonds is 3. The van der Waals surface area contributed by atoms with E-state index in [1.54, 1.807) is 0 Å². The maximum Gasteiger partial charge on any atom is 0.334 e. The van der Waals surface area contributed by atoms with Crippen LogP contribution in [0, 0.1) is 5.41 Å². The van der Waals surface area contributed by atoms with Crippen molar-refractivity contribution in [1.29, 1.82) is 0 Å². The maximum atomic E-state index is 10.9. The summed E-state index contributed by atoms with van der Waals surface area (Å²) in [5, 5.41) is 8.95. The van der Waals surface area contributed by atoms with Gasteiger partial charge in [-0.05, 0) is 16.8 Å². The SMILES string of the molecule is CC(C)(C)CC(Br)(Br)C(=CBr)C(=O)O. The van der Waals surface area contributed by atoms with Crippen molar-refractivity contribution < 1.29 is 9.90 Å². The van der Waals surface area contributed by atoms with Crippen molar-refractivity contribution in [3.8, 4) is 0 Å². The minimum absolute atomic E-state index is 0.0315. The van der Waals surface area contributed by atoms with Crippen molar-refractivity contribution in [3.63, 3.8) is 0 Å². The number of halogens is 3. The zero-order valence-corrected chi connectivity index (χ0v) is 13.0. The topological polar surface area (TPSA) is 37.3 Å². The third kappa shape index (κ3) is 4.94. The third-order valence-electron chi connectivity index (χ3n) is 1.49.